The number of hydrogen-bond donors (Lipinski definition) is 2. The monoisotopic (exact) mass is 257 g/mol. The predicted molar refractivity (Wildman–Crippen MR) is 64.1 cm³/mol. The average molecular weight is 258 g/mol. The van der Waals surface area contributed by atoms with E-state index in [-0.39, 0.29) is 17.7 Å². The summed E-state index contributed by atoms with van der Waals surface area (Å²) in [7, 11) is 0. The molecule has 0 radical (unpaired) electrons. The van der Waals surface area contributed by atoms with E-state index in [0.29, 0.717) is 5.56 Å². The van der Waals surface area contributed by atoms with E-state index in [1.54, 1.807) is 0 Å². The van der Waals surface area contributed by atoms with Gasteiger partial charge in [0.15, 0.2) is 0 Å². The molecule has 0 spiro atoms. The van der Waals surface area contributed by atoms with Crippen molar-refractivity contribution in [2.45, 2.75) is 37.6 Å². The van der Waals surface area contributed by atoms with Gasteiger partial charge < -0.3 is 14.8 Å². The molecule has 0 bridgehead atoms. The molecule has 0 unspecified atom stereocenters. The maximum absolute atomic E-state index is 12.0. The van der Waals surface area contributed by atoms with Crippen molar-refractivity contribution in [3.05, 3.63) is 23.1 Å². The van der Waals surface area contributed by atoms with Crippen molar-refractivity contribution >= 4 is 17.5 Å². The third kappa shape index (κ3) is 2.64. The van der Waals surface area contributed by atoms with Crippen molar-refractivity contribution in [1.82, 2.24) is 5.32 Å². The molecule has 1 amide bonds. The highest BCUT2D eigenvalue weighted by atomic mass is 35.5. The smallest absolute Gasteiger partial charge is 0.256 e. The molecular weight excluding hydrogens is 242 g/mol. The molecule has 0 aliphatic heterocycles. The summed E-state index contributed by atoms with van der Waals surface area (Å²) in [6.07, 6.45) is 6.21. The molecule has 2 N–H and O–H groups in total. The summed E-state index contributed by atoms with van der Waals surface area (Å²) in [4.78, 5) is 12.0. The van der Waals surface area contributed by atoms with E-state index in [2.05, 4.69) is 5.32 Å². The number of aliphatic hydroxyl groups excluding tert-OH is 1. The third-order valence-corrected chi connectivity index (χ3v) is 3.65. The van der Waals surface area contributed by atoms with E-state index >= 15 is 0 Å². The molecule has 0 aromatic carbocycles. The van der Waals surface area contributed by atoms with Crippen LogP contribution in [0.2, 0.25) is 5.22 Å². The lowest BCUT2D eigenvalue weighted by Gasteiger charge is -2.36. The topological polar surface area (TPSA) is 62.5 Å². The van der Waals surface area contributed by atoms with Crippen molar-refractivity contribution in [1.29, 1.82) is 0 Å². The van der Waals surface area contributed by atoms with Gasteiger partial charge in [0.25, 0.3) is 5.91 Å². The Labute approximate surface area is 105 Å². The molecule has 1 heterocycles. The fourth-order valence-electron chi connectivity index (χ4n) is 2.32. The first kappa shape index (κ1) is 12.5. The molecule has 4 nitrogen and oxygen atoms in total. The minimum Gasteiger partial charge on any atom is -0.452 e. The second kappa shape index (κ2) is 5.10. The summed E-state index contributed by atoms with van der Waals surface area (Å²) in [6, 6.07) is 1.53. The van der Waals surface area contributed by atoms with Gasteiger partial charge in [0.05, 0.1) is 24.0 Å². The van der Waals surface area contributed by atoms with Gasteiger partial charge in [-0.15, -0.1) is 0 Å². The Kier molecular flexibility index (Phi) is 3.74. The summed E-state index contributed by atoms with van der Waals surface area (Å²) >= 11 is 5.75. The van der Waals surface area contributed by atoms with Crippen LogP contribution in [0, 0.1) is 0 Å². The highest BCUT2D eigenvalue weighted by molar-refractivity contribution is 6.32. The van der Waals surface area contributed by atoms with Gasteiger partial charge in [0.2, 0.25) is 5.22 Å². The fraction of sp³-hybridized carbons (Fsp3) is 0.583. The van der Waals surface area contributed by atoms with Crippen LogP contribution in [-0.4, -0.2) is 23.2 Å². The zero-order valence-electron chi connectivity index (χ0n) is 9.54. The van der Waals surface area contributed by atoms with Crippen molar-refractivity contribution < 1.29 is 14.3 Å². The van der Waals surface area contributed by atoms with Crippen LogP contribution >= 0.6 is 11.6 Å². The molecule has 1 saturated carbocycles. The Bertz CT molecular complexity index is 396. The molecule has 1 aliphatic carbocycles. The van der Waals surface area contributed by atoms with Gasteiger partial charge in [0, 0.05) is 0 Å². The number of rotatable bonds is 3. The van der Waals surface area contributed by atoms with Crippen LogP contribution in [0.1, 0.15) is 42.5 Å². The van der Waals surface area contributed by atoms with Gasteiger partial charge in [-0.3, -0.25) is 4.79 Å². The Morgan fingerprint density at radius 2 is 2.18 bits per heavy atom. The molecule has 1 aromatic rings. The van der Waals surface area contributed by atoms with E-state index < -0.39 is 5.54 Å². The highest BCUT2D eigenvalue weighted by Crippen LogP contribution is 2.28. The summed E-state index contributed by atoms with van der Waals surface area (Å²) in [5.41, 5.74) is -0.166. The molecule has 1 aliphatic rings. The minimum atomic E-state index is -0.490. The normalized spacial score (nSPS) is 18.9. The third-order valence-electron chi connectivity index (χ3n) is 3.35. The molecule has 1 aromatic heterocycles. The number of carbonyl (C=O) groups excluding carboxylic acids is 1. The standard InChI is InChI=1S/C12H16ClNO3/c13-10-9(4-7-17-10)11(16)14-12(8-15)5-2-1-3-6-12/h4,7,15H,1-3,5-6,8H2,(H,14,16). The largest absolute Gasteiger partial charge is 0.452 e. The second-order valence-corrected chi connectivity index (χ2v) is 4.90. The van der Waals surface area contributed by atoms with Crippen molar-refractivity contribution in [2.24, 2.45) is 0 Å². The fourth-order valence-corrected chi connectivity index (χ4v) is 2.52. The first-order valence-corrected chi connectivity index (χ1v) is 6.21. The van der Waals surface area contributed by atoms with Gasteiger partial charge in [-0.1, -0.05) is 19.3 Å². The van der Waals surface area contributed by atoms with E-state index in [0.717, 1.165) is 32.1 Å². The quantitative estimate of drug-likeness (QED) is 0.874. The van der Waals surface area contributed by atoms with Crippen LogP contribution in [0.3, 0.4) is 0 Å². The van der Waals surface area contributed by atoms with Crippen molar-refractivity contribution in [3.8, 4) is 0 Å². The predicted octanol–water partition coefficient (Wildman–Crippen LogP) is 2.36. The molecule has 0 atom stereocenters. The summed E-state index contributed by atoms with van der Waals surface area (Å²) < 4.78 is 4.88. The minimum absolute atomic E-state index is 0.0335. The molecule has 1 fully saturated rings. The van der Waals surface area contributed by atoms with Crippen LogP contribution < -0.4 is 5.32 Å². The Hall–Kier alpha value is -1.00. The lowest BCUT2D eigenvalue weighted by Crippen LogP contribution is -2.52. The summed E-state index contributed by atoms with van der Waals surface area (Å²) in [5.74, 6) is -0.278. The average Bonchev–Trinajstić information content (AvgIpc) is 2.77. The van der Waals surface area contributed by atoms with Gasteiger partial charge >= 0.3 is 0 Å². The highest BCUT2D eigenvalue weighted by Gasteiger charge is 2.33. The van der Waals surface area contributed by atoms with Crippen LogP contribution in [0.5, 0.6) is 0 Å². The number of aliphatic hydroxyl groups is 1. The van der Waals surface area contributed by atoms with Gasteiger partial charge in [-0.05, 0) is 30.5 Å². The Morgan fingerprint density at radius 3 is 2.71 bits per heavy atom. The number of carbonyl (C=O) groups is 1. The zero-order chi connectivity index (χ0) is 12.3. The first-order chi connectivity index (χ1) is 8.17. The SMILES string of the molecule is O=C(NC1(CO)CCCCC1)c1ccoc1Cl. The van der Waals surface area contributed by atoms with Gasteiger partial charge in [-0.2, -0.15) is 0 Å². The van der Waals surface area contributed by atoms with Gasteiger partial charge in [-0.25, -0.2) is 0 Å². The lowest BCUT2D eigenvalue weighted by atomic mass is 9.82. The molecule has 2 rings (SSSR count). The second-order valence-electron chi connectivity index (χ2n) is 4.56. The number of amides is 1. The Morgan fingerprint density at radius 1 is 1.47 bits per heavy atom. The number of halogens is 1. The number of furan rings is 1. The van der Waals surface area contributed by atoms with Crippen LogP contribution in [0.25, 0.3) is 0 Å². The number of nitrogens with one attached hydrogen (secondary N) is 1. The van der Waals surface area contributed by atoms with Crippen molar-refractivity contribution in [2.75, 3.05) is 6.61 Å². The summed E-state index contributed by atoms with van der Waals surface area (Å²) in [5, 5.41) is 12.5. The van der Waals surface area contributed by atoms with Gasteiger partial charge in [0.1, 0.15) is 0 Å². The first-order valence-electron chi connectivity index (χ1n) is 5.83. The Balaban J connectivity index is 2.08. The summed E-state index contributed by atoms with van der Waals surface area (Å²) in [6.45, 7) is -0.0335. The van der Waals surface area contributed by atoms with E-state index in [1.165, 1.54) is 12.3 Å². The molecule has 0 saturated heterocycles. The van der Waals surface area contributed by atoms with Crippen LogP contribution in [-0.2, 0) is 0 Å². The van der Waals surface area contributed by atoms with Crippen molar-refractivity contribution in [3.63, 3.8) is 0 Å². The molecule has 5 heteroatoms. The van der Waals surface area contributed by atoms with E-state index in [1.807, 2.05) is 0 Å². The number of hydrogen-bond acceptors (Lipinski definition) is 3. The maximum Gasteiger partial charge on any atom is 0.256 e. The van der Waals surface area contributed by atoms with Crippen LogP contribution in [0.4, 0.5) is 0 Å². The van der Waals surface area contributed by atoms with Crippen LogP contribution in [0.15, 0.2) is 16.7 Å². The molecule has 94 valence electrons. The molecular formula is C12H16ClNO3. The zero-order valence-corrected chi connectivity index (χ0v) is 10.3. The van der Waals surface area contributed by atoms with E-state index in [4.69, 9.17) is 16.0 Å². The molecule has 17 heavy (non-hydrogen) atoms. The lowest BCUT2D eigenvalue weighted by molar-refractivity contribution is 0.0758. The maximum atomic E-state index is 12.0. The van der Waals surface area contributed by atoms with E-state index in [9.17, 15) is 9.90 Å².